The van der Waals surface area contributed by atoms with Crippen molar-refractivity contribution < 1.29 is 27.5 Å². The number of carbonyl (C=O) groups excluding carboxylic acids is 2. The van der Waals surface area contributed by atoms with Gasteiger partial charge in [0.05, 0.1) is 24.6 Å². The third-order valence-corrected chi connectivity index (χ3v) is 6.76. The fourth-order valence-electron chi connectivity index (χ4n) is 4.94. The second kappa shape index (κ2) is 10.9. The van der Waals surface area contributed by atoms with Gasteiger partial charge in [-0.2, -0.15) is 18.4 Å². The van der Waals surface area contributed by atoms with E-state index in [1.54, 1.807) is 6.92 Å². The Labute approximate surface area is 206 Å². The average Bonchev–Trinajstić information content (AvgIpc) is 3.22. The van der Waals surface area contributed by atoms with Crippen LogP contribution in [0.5, 0.6) is 0 Å². The van der Waals surface area contributed by atoms with Crippen molar-refractivity contribution in [2.45, 2.75) is 56.6 Å². The second-order valence-electron chi connectivity index (χ2n) is 9.31. The highest BCUT2D eigenvalue weighted by molar-refractivity contribution is 5.83. The lowest BCUT2D eigenvalue weighted by atomic mass is 9.96. The zero-order valence-corrected chi connectivity index (χ0v) is 19.8. The highest BCUT2D eigenvalue weighted by Crippen LogP contribution is 2.30. The molecular weight excluding hydrogens is 481 g/mol. The van der Waals surface area contributed by atoms with Gasteiger partial charge in [-0.3, -0.25) is 15.0 Å². The minimum atomic E-state index is -4.67. The van der Waals surface area contributed by atoms with Gasteiger partial charge in [-0.25, -0.2) is 15.4 Å². The van der Waals surface area contributed by atoms with E-state index in [1.165, 1.54) is 12.4 Å². The van der Waals surface area contributed by atoms with Crippen molar-refractivity contribution in [1.29, 1.82) is 5.26 Å². The van der Waals surface area contributed by atoms with Gasteiger partial charge < -0.3 is 19.9 Å². The van der Waals surface area contributed by atoms with Crippen LogP contribution < -0.4 is 21.1 Å². The van der Waals surface area contributed by atoms with E-state index in [0.29, 0.717) is 37.6 Å². The predicted molar refractivity (Wildman–Crippen MR) is 120 cm³/mol. The lowest BCUT2D eigenvalue weighted by Crippen LogP contribution is -2.65. The number of piperidine rings is 1. The highest BCUT2D eigenvalue weighted by Gasteiger charge is 2.51. The number of ether oxygens (including phenoxy) is 1. The van der Waals surface area contributed by atoms with Crippen LogP contribution in [0.4, 0.5) is 19.1 Å². The molecule has 4 atom stereocenters. The number of rotatable bonds is 7. The molecule has 3 fully saturated rings. The van der Waals surface area contributed by atoms with Crippen molar-refractivity contribution in [2.75, 3.05) is 37.7 Å². The second-order valence-corrected chi connectivity index (χ2v) is 9.31. The summed E-state index contributed by atoms with van der Waals surface area (Å²) in [5.74, 6) is -2.84. The Balaban J connectivity index is 1.23. The molecule has 3 saturated heterocycles. The lowest BCUT2D eigenvalue weighted by molar-refractivity contribution is -0.193. The third-order valence-electron chi connectivity index (χ3n) is 6.76. The summed E-state index contributed by atoms with van der Waals surface area (Å²) in [6.07, 6.45) is -0.333. The summed E-state index contributed by atoms with van der Waals surface area (Å²) in [5.41, 5.74) is 4.89. The Kier molecular flexibility index (Phi) is 7.91. The van der Waals surface area contributed by atoms with Crippen LogP contribution in [0.3, 0.4) is 0 Å². The van der Waals surface area contributed by atoms with E-state index >= 15 is 0 Å². The maximum Gasteiger partial charge on any atom is 0.402 e. The van der Waals surface area contributed by atoms with Gasteiger partial charge in [0.2, 0.25) is 11.9 Å². The van der Waals surface area contributed by atoms with Crippen LogP contribution in [0.1, 0.15) is 31.7 Å². The van der Waals surface area contributed by atoms with E-state index in [-0.39, 0.29) is 25.1 Å². The molecule has 196 valence electrons. The first-order chi connectivity index (χ1) is 17.2. The molecule has 11 nitrogen and oxygen atoms in total. The number of hydrazine groups is 1. The molecule has 36 heavy (non-hydrogen) atoms. The fraction of sp³-hybridized carbons (Fsp3) is 0.682. The number of amides is 2. The minimum Gasteiger partial charge on any atom is -0.367 e. The summed E-state index contributed by atoms with van der Waals surface area (Å²) in [5, 5.41) is 11.7. The Bertz CT molecular complexity index is 978. The third kappa shape index (κ3) is 5.85. The largest absolute Gasteiger partial charge is 0.402 e. The maximum absolute atomic E-state index is 13.3. The average molecular weight is 511 g/mol. The minimum absolute atomic E-state index is 0.0431. The van der Waals surface area contributed by atoms with Gasteiger partial charge in [0.15, 0.2) is 5.92 Å². The molecule has 1 aromatic rings. The molecule has 2 amide bonds. The molecule has 0 aromatic carbocycles. The number of nitrogens with zero attached hydrogens (tertiary/aromatic N) is 5. The van der Waals surface area contributed by atoms with E-state index in [9.17, 15) is 22.8 Å². The van der Waals surface area contributed by atoms with Crippen molar-refractivity contribution in [3.63, 3.8) is 0 Å². The molecule has 4 rings (SSSR count). The molecule has 3 aliphatic heterocycles. The molecule has 14 heteroatoms. The van der Waals surface area contributed by atoms with Gasteiger partial charge in [0.25, 0.3) is 5.91 Å². The molecule has 0 bridgehead atoms. The lowest BCUT2D eigenvalue weighted by Gasteiger charge is -2.36. The van der Waals surface area contributed by atoms with Crippen LogP contribution in [0.25, 0.3) is 0 Å². The maximum atomic E-state index is 13.3. The van der Waals surface area contributed by atoms with E-state index in [1.807, 2.05) is 21.3 Å². The van der Waals surface area contributed by atoms with E-state index in [4.69, 9.17) is 10.00 Å². The number of nitrogens with one attached hydrogen (secondary N) is 3. The summed E-state index contributed by atoms with van der Waals surface area (Å²) in [6, 6.07) is 0.420. The SMILES string of the molecule is C[C@@H](CO[C@@H]1CCN(C2CCN(c3ncc(C#N)cn3)CC2)C1=O)NC1CNNC(=O)C1C(F)(F)F. The molecular formula is C22H29F3N8O3. The molecule has 0 aliphatic carbocycles. The normalized spacial score (nSPS) is 26.6. The van der Waals surface area contributed by atoms with Gasteiger partial charge in [0, 0.05) is 50.7 Å². The van der Waals surface area contributed by atoms with E-state index < -0.39 is 36.2 Å². The van der Waals surface area contributed by atoms with Gasteiger partial charge in [-0.05, 0) is 19.8 Å². The number of nitriles is 1. The number of likely N-dealkylation sites (tertiary alicyclic amines) is 1. The highest BCUT2D eigenvalue weighted by atomic mass is 19.4. The van der Waals surface area contributed by atoms with Crippen LogP contribution in [0.2, 0.25) is 0 Å². The predicted octanol–water partition coefficient (Wildman–Crippen LogP) is 0.0942. The Morgan fingerprint density at radius 3 is 2.56 bits per heavy atom. The number of hydrogen-bond donors (Lipinski definition) is 3. The van der Waals surface area contributed by atoms with Crippen LogP contribution in [0, 0.1) is 17.2 Å². The quantitative estimate of drug-likeness (QED) is 0.467. The summed E-state index contributed by atoms with van der Waals surface area (Å²) in [4.78, 5) is 37.0. The zero-order valence-electron chi connectivity index (χ0n) is 19.8. The van der Waals surface area contributed by atoms with Crippen molar-refractivity contribution >= 4 is 17.8 Å². The number of hydrogen-bond acceptors (Lipinski definition) is 9. The Hall–Kier alpha value is -3.02. The fourth-order valence-corrected chi connectivity index (χ4v) is 4.94. The number of anilines is 1. The number of alkyl halides is 3. The van der Waals surface area contributed by atoms with E-state index in [2.05, 4.69) is 20.7 Å². The van der Waals surface area contributed by atoms with Crippen molar-refractivity contribution in [2.24, 2.45) is 5.92 Å². The summed E-state index contributed by atoms with van der Waals surface area (Å²) in [7, 11) is 0. The molecule has 3 aliphatic rings. The van der Waals surface area contributed by atoms with Crippen molar-refractivity contribution in [1.82, 2.24) is 31.0 Å². The summed E-state index contributed by atoms with van der Waals surface area (Å²) >= 11 is 0. The molecule has 0 saturated carbocycles. The zero-order chi connectivity index (χ0) is 25.9. The molecule has 3 N–H and O–H groups in total. The van der Waals surface area contributed by atoms with Crippen LogP contribution >= 0.6 is 0 Å². The van der Waals surface area contributed by atoms with Gasteiger partial charge in [0.1, 0.15) is 12.2 Å². The molecule has 0 radical (unpaired) electrons. The molecule has 1 aromatic heterocycles. The van der Waals surface area contributed by atoms with Crippen LogP contribution in [0.15, 0.2) is 12.4 Å². The van der Waals surface area contributed by atoms with Crippen LogP contribution in [-0.4, -0.2) is 89.9 Å². The van der Waals surface area contributed by atoms with Crippen molar-refractivity contribution in [3.05, 3.63) is 18.0 Å². The van der Waals surface area contributed by atoms with E-state index in [0.717, 1.165) is 12.8 Å². The smallest absolute Gasteiger partial charge is 0.367 e. The first kappa shape index (κ1) is 26.1. The summed E-state index contributed by atoms with van der Waals surface area (Å²) < 4.78 is 45.7. The first-order valence-electron chi connectivity index (χ1n) is 11.9. The summed E-state index contributed by atoms with van der Waals surface area (Å²) in [6.45, 7) is 3.54. The topological polar surface area (TPSA) is 136 Å². The number of halogens is 3. The molecule has 4 heterocycles. The Morgan fingerprint density at radius 1 is 1.22 bits per heavy atom. The number of carbonyl (C=O) groups is 2. The first-order valence-corrected chi connectivity index (χ1v) is 11.9. The van der Waals surface area contributed by atoms with Gasteiger partial charge in [-0.1, -0.05) is 0 Å². The standard InChI is InChI=1S/C22H29F3N8O3/c1-13(30-16-11-29-31-19(34)18(16)22(23,24)25)12-36-17-4-7-33(20(17)35)15-2-5-32(6-3-15)21-27-9-14(8-26)10-28-21/h9-10,13,15-18,29-30H,2-7,11-12H2,1H3,(H,31,34)/t13-,16?,17+,18?/m0/s1. The van der Waals surface area contributed by atoms with Crippen molar-refractivity contribution in [3.8, 4) is 6.07 Å². The monoisotopic (exact) mass is 510 g/mol. The van der Waals surface area contributed by atoms with Gasteiger partial charge in [-0.15, -0.1) is 0 Å². The molecule has 2 unspecified atom stereocenters. The molecule has 0 spiro atoms. The Morgan fingerprint density at radius 2 is 1.92 bits per heavy atom. The van der Waals surface area contributed by atoms with Crippen LogP contribution in [-0.2, 0) is 14.3 Å². The number of aromatic nitrogens is 2. The van der Waals surface area contributed by atoms with Gasteiger partial charge >= 0.3 is 6.18 Å².